The molecule has 2 rings (SSSR count). The van der Waals surface area contributed by atoms with Gasteiger partial charge < -0.3 is 15.5 Å². The Morgan fingerprint density at radius 1 is 1.00 bits per heavy atom. The van der Waals surface area contributed by atoms with Crippen LogP contribution in [0, 0.1) is 5.82 Å². The summed E-state index contributed by atoms with van der Waals surface area (Å²) in [7, 11) is 2.50. The molecule has 0 unspecified atom stereocenters. The summed E-state index contributed by atoms with van der Waals surface area (Å²) in [5, 5.41) is 6.33. The van der Waals surface area contributed by atoms with Gasteiger partial charge in [0.1, 0.15) is 5.82 Å². The Balaban J connectivity index is 1.96. The van der Waals surface area contributed by atoms with E-state index < -0.39 is 15.7 Å². The van der Waals surface area contributed by atoms with Gasteiger partial charge in [0.25, 0.3) is 0 Å². The first-order valence-electron chi connectivity index (χ1n) is 9.28. The number of aliphatic imine (C=N–C) groups is 1. The number of hydrogen-bond donors (Lipinski definition) is 2. The zero-order valence-corrected chi connectivity index (χ0v) is 18.2. The van der Waals surface area contributed by atoms with E-state index >= 15 is 0 Å². The lowest BCUT2D eigenvalue weighted by Crippen LogP contribution is -2.36. The molecule has 2 aromatic carbocycles. The Bertz CT molecular complexity index is 942. The molecule has 0 aliphatic carbocycles. The number of guanidine groups is 1. The van der Waals surface area contributed by atoms with Gasteiger partial charge in [0.05, 0.1) is 5.75 Å². The van der Waals surface area contributed by atoms with Crippen LogP contribution in [0.3, 0.4) is 0 Å². The maximum Gasteiger partial charge on any atom is 0.191 e. The van der Waals surface area contributed by atoms with Gasteiger partial charge in [-0.25, -0.2) is 12.8 Å². The van der Waals surface area contributed by atoms with Crippen LogP contribution in [0.15, 0.2) is 47.5 Å². The third-order valence-corrected chi connectivity index (χ3v) is 5.07. The molecule has 29 heavy (non-hydrogen) atoms. The van der Waals surface area contributed by atoms with Crippen molar-refractivity contribution in [3.05, 3.63) is 70.5 Å². The van der Waals surface area contributed by atoms with Gasteiger partial charge in [-0.05, 0) is 48.5 Å². The molecule has 0 spiro atoms. The molecule has 0 radical (unpaired) electrons. The van der Waals surface area contributed by atoms with Gasteiger partial charge >= 0.3 is 0 Å². The van der Waals surface area contributed by atoms with Gasteiger partial charge in [-0.15, -0.1) is 0 Å². The van der Waals surface area contributed by atoms with Gasteiger partial charge in [-0.2, -0.15) is 0 Å². The van der Waals surface area contributed by atoms with Gasteiger partial charge in [0, 0.05) is 32.9 Å². The molecule has 0 bridgehead atoms. The molecule has 0 saturated carbocycles. The number of nitrogens with one attached hydrogen (secondary N) is 2. The number of nitrogens with zero attached hydrogens (tertiary/aromatic N) is 2. The minimum atomic E-state index is -3.21. The number of sulfone groups is 1. The molecule has 0 atom stereocenters. The van der Waals surface area contributed by atoms with Crippen LogP contribution in [0.5, 0.6) is 0 Å². The largest absolute Gasteiger partial charge is 0.352 e. The molecule has 2 N–H and O–H groups in total. The third kappa shape index (κ3) is 8.21. The minimum Gasteiger partial charge on any atom is -0.352 e. The van der Waals surface area contributed by atoms with Crippen LogP contribution in [0.4, 0.5) is 4.39 Å². The van der Waals surface area contributed by atoms with E-state index in [-0.39, 0.29) is 12.3 Å². The van der Waals surface area contributed by atoms with E-state index in [4.69, 9.17) is 0 Å². The number of benzene rings is 2. The molecule has 0 fully saturated rings. The van der Waals surface area contributed by atoms with E-state index in [1.165, 1.54) is 23.8 Å². The van der Waals surface area contributed by atoms with Crippen molar-refractivity contribution < 1.29 is 12.8 Å². The third-order valence-electron chi connectivity index (χ3n) is 4.24. The van der Waals surface area contributed by atoms with Crippen LogP contribution in [0.25, 0.3) is 0 Å². The molecule has 158 valence electrons. The van der Waals surface area contributed by atoms with Crippen molar-refractivity contribution in [1.82, 2.24) is 15.5 Å². The van der Waals surface area contributed by atoms with Crippen LogP contribution in [-0.4, -0.2) is 46.7 Å². The van der Waals surface area contributed by atoms with Crippen molar-refractivity contribution in [2.45, 2.75) is 25.4 Å². The molecule has 0 aromatic heterocycles. The van der Waals surface area contributed by atoms with Crippen LogP contribution in [-0.2, 0) is 35.2 Å². The molecule has 0 aliphatic heterocycles. The zero-order chi connectivity index (χ0) is 21.4. The molecule has 0 amide bonds. The second-order valence-electron chi connectivity index (χ2n) is 7.32. The summed E-state index contributed by atoms with van der Waals surface area (Å²) in [6.45, 7) is 1.74. The van der Waals surface area contributed by atoms with Crippen LogP contribution >= 0.6 is 0 Å². The SMILES string of the molecule is CN=C(NCc1ccc(CN(C)C)cc1)NCc1cc(F)ccc1CS(C)(=O)=O. The quantitative estimate of drug-likeness (QED) is 0.506. The Morgan fingerprint density at radius 2 is 1.62 bits per heavy atom. The second-order valence-corrected chi connectivity index (χ2v) is 9.46. The maximum absolute atomic E-state index is 13.6. The van der Waals surface area contributed by atoms with Crippen LogP contribution < -0.4 is 10.6 Å². The van der Waals surface area contributed by atoms with E-state index in [9.17, 15) is 12.8 Å². The average Bonchev–Trinajstić information content (AvgIpc) is 2.63. The Kier molecular flexibility index (Phi) is 8.16. The van der Waals surface area contributed by atoms with E-state index in [0.717, 1.165) is 18.4 Å². The van der Waals surface area contributed by atoms with Gasteiger partial charge in [0.15, 0.2) is 15.8 Å². The van der Waals surface area contributed by atoms with Gasteiger partial charge in [-0.1, -0.05) is 30.3 Å². The molecular formula is C21H29FN4O2S. The van der Waals surface area contributed by atoms with Crippen molar-refractivity contribution in [2.24, 2.45) is 4.99 Å². The number of rotatable bonds is 8. The minimum absolute atomic E-state index is 0.129. The summed E-state index contributed by atoms with van der Waals surface area (Å²) < 4.78 is 36.9. The van der Waals surface area contributed by atoms with Crippen LogP contribution in [0.1, 0.15) is 22.3 Å². The Hall–Kier alpha value is -2.45. The fourth-order valence-electron chi connectivity index (χ4n) is 2.90. The highest BCUT2D eigenvalue weighted by atomic mass is 32.2. The highest BCUT2D eigenvalue weighted by molar-refractivity contribution is 7.89. The second kappa shape index (κ2) is 10.4. The standard InChI is InChI=1S/C21H29FN4O2S/c1-23-21(24-12-16-5-7-17(8-6-16)14-26(2)3)25-13-19-11-20(22)10-9-18(19)15-29(4,27)28/h5-11H,12-15H2,1-4H3,(H2,23,24,25). The molecular weight excluding hydrogens is 391 g/mol. The molecule has 8 heteroatoms. The molecule has 6 nitrogen and oxygen atoms in total. The zero-order valence-electron chi connectivity index (χ0n) is 17.4. The first-order valence-corrected chi connectivity index (χ1v) is 11.3. The topological polar surface area (TPSA) is 73.8 Å². The van der Waals surface area contributed by atoms with Gasteiger partial charge in [0.2, 0.25) is 0 Å². The molecule has 0 aliphatic rings. The summed E-state index contributed by atoms with van der Waals surface area (Å²) in [6.07, 6.45) is 1.16. The van der Waals surface area contributed by atoms with Gasteiger partial charge in [-0.3, -0.25) is 4.99 Å². The van der Waals surface area contributed by atoms with Crippen molar-refractivity contribution >= 4 is 15.8 Å². The Labute approximate surface area is 172 Å². The first-order chi connectivity index (χ1) is 13.7. The van der Waals surface area contributed by atoms with E-state index in [1.54, 1.807) is 7.05 Å². The lowest BCUT2D eigenvalue weighted by Gasteiger charge is -2.15. The van der Waals surface area contributed by atoms with E-state index in [2.05, 4.69) is 44.8 Å². The van der Waals surface area contributed by atoms with Crippen LogP contribution in [0.2, 0.25) is 0 Å². The molecule has 0 heterocycles. The fraction of sp³-hybridized carbons (Fsp3) is 0.381. The predicted octanol–water partition coefficient (Wildman–Crippen LogP) is 2.30. The average molecular weight is 421 g/mol. The number of halogens is 1. The summed E-state index contributed by atoms with van der Waals surface area (Å²) in [6, 6.07) is 12.5. The highest BCUT2D eigenvalue weighted by Gasteiger charge is 2.11. The van der Waals surface area contributed by atoms with Crippen molar-refractivity contribution in [2.75, 3.05) is 27.4 Å². The monoisotopic (exact) mass is 420 g/mol. The lowest BCUT2D eigenvalue weighted by molar-refractivity contribution is 0.402. The normalized spacial score (nSPS) is 12.3. The highest BCUT2D eigenvalue weighted by Crippen LogP contribution is 2.14. The van der Waals surface area contributed by atoms with Crippen molar-refractivity contribution in [3.63, 3.8) is 0 Å². The predicted molar refractivity (Wildman–Crippen MR) is 116 cm³/mol. The van der Waals surface area contributed by atoms with Crippen molar-refractivity contribution in [3.8, 4) is 0 Å². The van der Waals surface area contributed by atoms with E-state index in [0.29, 0.717) is 23.6 Å². The molecule has 2 aromatic rings. The number of hydrogen-bond acceptors (Lipinski definition) is 4. The molecule has 0 saturated heterocycles. The summed E-state index contributed by atoms with van der Waals surface area (Å²) in [5.74, 6) is 0.0204. The van der Waals surface area contributed by atoms with Crippen molar-refractivity contribution in [1.29, 1.82) is 0 Å². The fourth-order valence-corrected chi connectivity index (χ4v) is 3.74. The maximum atomic E-state index is 13.6. The Morgan fingerprint density at radius 3 is 2.21 bits per heavy atom. The summed E-state index contributed by atoms with van der Waals surface area (Å²) >= 11 is 0. The summed E-state index contributed by atoms with van der Waals surface area (Å²) in [5.41, 5.74) is 3.52. The lowest BCUT2D eigenvalue weighted by atomic mass is 10.1. The van der Waals surface area contributed by atoms with E-state index in [1.807, 2.05) is 14.1 Å². The smallest absolute Gasteiger partial charge is 0.191 e. The summed E-state index contributed by atoms with van der Waals surface area (Å²) in [4.78, 5) is 6.29. The first kappa shape index (κ1) is 22.8.